The van der Waals surface area contributed by atoms with Gasteiger partial charge in [-0.1, -0.05) is 37.3 Å². The number of fused-ring (bicyclic) bond motifs is 1. The van der Waals surface area contributed by atoms with Crippen LogP contribution in [-0.2, 0) is 0 Å². The lowest BCUT2D eigenvalue weighted by Gasteiger charge is -2.27. The quantitative estimate of drug-likeness (QED) is 0.422. The van der Waals surface area contributed by atoms with Gasteiger partial charge in [0.25, 0.3) is 0 Å². The van der Waals surface area contributed by atoms with E-state index >= 15 is 0 Å². The topological polar surface area (TPSA) is 94.6 Å². The Morgan fingerprint density at radius 3 is 2.67 bits per heavy atom. The van der Waals surface area contributed by atoms with Gasteiger partial charge in [-0.25, -0.2) is 9.18 Å². The van der Waals surface area contributed by atoms with Crippen molar-refractivity contribution in [3.05, 3.63) is 101 Å². The van der Waals surface area contributed by atoms with E-state index in [0.717, 1.165) is 6.42 Å². The van der Waals surface area contributed by atoms with Gasteiger partial charge in [0.1, 0.15) is 34.7 Å². The maximum atomic E-state index is 14.6. The zero-order valence-electron chi connectivity index (χ0n) is 17.9. The van der Waals surface area contributed by atoms with E-state index in [9.17, 15) is 14.4 Å². The molecule has 7 heteroatoms. The van der Waals surface area contributed by atoms with Crippen LogP contribution in [0.25, 0.3) is 0 Å². The SMILES string of the molecule is CCCOc1cccc(C(=O)Oc2ccc3c(c2)OC(N)=C(C#N)C3c2ccccc2F)c1. The minimum atomic E-state index is -0.739. The van der Waals surface area contributed by atoms with Gasteiger partial charge in [0.05, 0.1) is 18.1 Å². The average Bonchev–Trinajstić information content (AvgIpc) is 2.82. The number of carbonyl (C=O) groups excluding carboxylic acids is 1. The molecule has 0 bridgehead atoms. The Morgan fingerprint density at radius 2 is 1.91 bits per heavy atom. The summed E-state index contributed by atoms with van der Waals surface area (Å²) in [4.78, 5) is 12.7. The van der Waals surface area contributed by atoms with Crippen molar-refractivity contribution in [2.24, 2.45) is 5.73 Å². The lowest BCUT2D eigenvalue weighted by molar-refractivity contribution is 0.0734. The van der Waals surface area contributed by atoms with Gasteiger partial charge >= 0.3 is 5.97 Å². The third kappa shape index (κ3) is 4.51. The average molecular weight is 444 g/mol. The molecular formula is C26H21FN2O4. The summed E-state index contributed by atoms with van der Waals surface area (Å²) in [5.74, 6) is -0.810. The Morgan fingerprint density at radius 1 is 1.09 bits per heavy atom. The number of nitrogens with zero attached hydrogens (tertiary/aromatic N) is 1. The normalized spacial score (nSPS) is 14.6. The largest absolute Gasteiger partial charge is 0.494 e. The van der Waals surface area contributed by atoms with Crippen molar-refractivity contribution in [2.45, 2.75) is 19.3 Å². The lowest BCUT2D eigenvalue weighted by Crippen LogP contribution is -2.21. The highest BCUT2D eigenvalue weighted by Crippen LogP contribution is 2.44. The Kier molecular flexibility index (Phi) is 6.27. The van der Waals surface area contributed by atoms with Crippen molar-refractivity contribution in [2.75, 3.05) is 6.61 Å². The van der Waals surface area contributed by atoms with E-state index in [1.807, 2.05) is 13.0 Å². The van der Waals surface area contributed by atoms with Crippen LogP contribution in [0.4, 0.5) is 4.39 Å². The Balaban J connectivity index is 1.63. The molecule has 0 aliphatic carbocycles. The summed E-state index contributed by atoms with van der Waals surface area (Å²) >= 11 is 0. The van der Waals surface area contributed by atoms with E-state index in [2.05, 4.69) is 0 Å². The van der Waals surface area contributed by atoms with Crippen LogP contribution < -0.4 is 19.9 Å². The summed E-state index contributed by atoms with van der Waals surface area (Å²) in [5.41, 5.74) is 7.26. The van der Waals surface area contributed by atoms with Crippen molar-refractivity contribution in [1.82, 2.24) is 0 Å². The third-order valence-corrected chi connectivity index (χ3v) is 5.16. The monoisotopic (exact) mass is 444 g/mol. The van der Waals surface area contributed by atoms with Gasteiger partial charge in [0.2, 0.25) is 5.88 Å². The maximum Gasteiger partial charge on any atom is 0.343 e. The van der Waals surface area contributed by atoms with E-state index in [1.165, 1.54) is 12.1 Å². The smallest absolute Gasteiger partial charge is 0.343 e. The first-order valence-corrected chi connectivity index (χ1v) is 10.4. The van der Waals surface area contributed by atoms with Crippen molar-refractivity contribution < 1.29 is 23.4 Å². The molecule has 0 saturated heterocycles. The van der Waals surface area contributed by atoms with Gasteiger partial charge in [0, 0.05) is 17.2 Å². The number of nitrogens with two attached hydrogens (primary N) is 1. The van der Waals surface area contributed by atoms with Crippen LogP contribution >= 0.6 is 0 Å². The van der Waals surface area contributed by atoms with Crippen LogP contribution in [0, 0.1) is 17.1 Å². The van der Waals surface area contributed by atoms with Crippen molar-refractivity contribution in [3.8, 4) is 23.3 Å². The molecule has 1 aliphatic heterocycles. The highest BCUT2D eigenvalue weighted by molar-refractivity contribution is 5.91. The molecule has 3 aromatic rings. The molecule has 1 heterocycles. The van der Waals surface area contributed by atoms with Crippen LogP contribution in [0.3, 0.4) is 0 Å². The summed E-state index contributed by atoms with van der Waals surface area (Å²) < 4.78 is 31.3. The number of carbonyl (C=O) groups is 1. The second kappa shape index (κ2) is 9.45. The second-order valence-corrected chi connectivity index (χ2v) is 7.41. The first-order chi connectivity index (χ1) is 16.0. The van der Waals surface area contributed by atoms with Crippen molar-refractivity contribution >= 4 is 5.97 Å². The summed E-state index contributed by atoms with van der Waals surface area (Å²) in [7, 11) is 0. The zero-order valence-corrected chi connectivity index (χ0v) is 17.9. The number of nitriles is 1. The summed E-state index contributed by atoms with van der Waals surface area (Å²) in [6.07, 6.45) is 0.850. The molecule has 1 unspecified atom stereocenters. The van der Waals surface area contributed by atoms with Gasteiger partial charge in [-0.3, -0.25) is 0 Å². The van der Waals surface area contributed by atoms with E-state index in [4.69, 9.17) is 19.9 Å². The summed E-state index contributed by atoms with van der Waals surface area (Å²) in [6.45, 7) is 2.54. The molecule has 0 amide bonds. The number of rotatable bonds is 6. The van der Waals surface area contributed by atoms with E-state index in [1.54, 1.807) is 54.6 Å². The lowest BCUT2D eigenvalue weighted by atomic mass is 9.83. The third-order valence-electron chi connectivity index (χ3n) is 5.16. The molecule has 3 aromatic carbocycles. The molecule has 33 heavy (non-hydrogen) atoms. The molecule has 0 radical (unpaired) electrons. The number of halogens is 1. The minimum Gasteiger partial charge on any atom is -0.494 e. The standard InChI is InChI=1S/C26H21FN2O4/c1-2-12-31-17-7-5-6-16(13-17)26(30)32-18-10-11-20-23(14-18)33-25(29)21(15-28)24(20)19-8-3-4-9-22(19)27/h3-11,13-14,24H,2,12,29H2,1H3. The first kappa shape index (κ1) is 21.9. The number of hydrogen-bond acceptors (Lipinski definition) is 6. The van der Waals surface area contributed by atoms with Crippen LogP contribution in [0.2, 0.25) is 0 Å². The Hall–Kier alpha value is -4.31. The Bertz CT molecular complexity index is 1280. The van der Waals surface area contributed by atoms with Crippen molar-refractivity contribution in [1.29, 1.82) is 5.26 Å². The number of esters is 1. The number of hydrogen-bond donors (Lipinski definition) is 1. The maximum absolute atomic E-state index is 14.6. The van der Waals surface area contributed by atoms with Gasteiger partial charge in [0.15, 0.2) is 0 Å². The van der Waals surface area contributed by atoms with E-state index in [0.29, 0.717) is 29.0 Å². The number of ether oxygens (including phenoxy) is 3. The number of allylic oxidation sites excluding steroid dienone is 1. The summed E-state index contributed by atoms with van der Waals surface area (Å²) in [5, 5.41) is 9.62. The molecule has 2 N–H and O–H groups in total. The number of benzene rings is 3. The molecule has 1 aliphatic rings. The second-order valence-electron chi connectivity index (χ2n) is 7.41. The van der Waals surface area contributed by atoms with Gasteiger partial charge < -0.3 is 19.9 Å². The molecule has 0 fully saturated rings. The molecule has 0 spiro atoms. The Labute approximate surface area is 190 Å². The minimum absolute atomic E-state index is 0.112. The van der Waals surface area contributed by atoms with Crippen LogP contribution in [0.15, 0.2) is 78.2 Å². The van der Waals surface area contributed by atoms with Crippen LogP contribution in [0.5, 0.6) is 17.2 Å². The molecule has 166 valence electrons. The van der Waals surface area contributed by atoms with Crippen LogP contribution in [0.1, 0.15) is 40.7 Å². The predicted octanol–water partition coefficient (Wildman–Crippen LogP) is 5.05. The fraction of sp³-hybridized carbons (Fsp3) is 0.154. The predicted molar refractivity (Wildman–Crippen MR) is 119 cm³/mol. The fourth-order valence-electron chi connectivity index (χ4n) is 3.63. The molecule has 0 saturated carbocycles. The van der Waals surface area contributed by atoms with Crippen molar-refractivity contribution in [3.63, 3.8) is 0 Å². The van der Waals surface area contributed by atoms with E-state index < -0.39 is 17.7 Å². The highest BCUT2D eigenvalue weighted by Gasteiger charge is 2.32. The van der Waals surface area contributed by atoms with Gasteiger partial charge in [-0.2, -0.15) is 5.26 Å². The van der Waals surface area contributed by atoms with Crippen LogP contribution in [-0.4, -0.2) is 12.6 Å². The fourth-order valence-corrected chi connectivity index (χ4v) is 3.63. The van der Waals surface area contributed by atoms with Gasteiger partial charge in [-0.05, 0) is 36.8 Å². The van der Waals surface area contributed by atoms with Gasteiger partial charge in [-0.15, -0.1) is 0 Å². The zero-order chi connectivity index (χ0) is 23.4. The highest BCUT2D eigenvalue weighted by atomic mass is 19.1. The molecule has 6 nitrogen and oxygen atoms in total. The first-order valence-electron chi connectivity index (χ1n) is 10.4. The molecule has 0 aromatic heterocycles. The molecule has 4 rings (SSSR count). The molecule has 1 atom stereocenters. The molecular weight excluding hydrogens is 423 g/mol. The van der Waals surface area contributed by atoms with E-state index in [-0.39, 0.29) is 23.0 Å². The summed E-state index contributed by atoms with van der Waals surface area (Å²) in [6, 6.07) is 19.6.